The summed E-state index contributed by atoms with van der Waals surface area (Å²) in [7, 11) is 0. The molecule has 1 saturated heterocycles. The summed E-state index contributed by atoms with van der Waals surface area (Å²) in [5, 5.41) is 3.46. The summed E-state index contributed by atoms with van der Waals surface area (Å²) in [4.78, 5) is 25.6. The fourth-order valence-corrected chi connectivity index (χ4v) is 2.68. The second-order valence-corrected chi connectivity index (χ2v) is 5.78. The molecule has 1 heterocycles. The van der Waals surface area contributed by atoms with Gasteiger partial charge in [-0.2, -0.15) is 0 Å². The van der Waals surface area contributed by atoms with Crippen LogP contribution >= 0.6 is 11.6 Å². The van der Waals surface area contributed by atoms with Crippen molar-refractivity contribution in [2.24, 2.45) is 0 Å². The van der Waals surface area contributed by atoms with Crippen molar-refractivity contribution in [2.75, 3.05) is 19.7 Å². The van der Waals surface area contributed by atoms with Gasteiger partial charge in [0.05, 0.1) is 13.0 Å². The number of alkyl carbamates (subject to hydrolysis) is 1. The van der Waals surface area contributed by atoms with Crippen LogP contribution in [0.25, 0.3) is 0 Å². The molecule has 2 amide bonds. The number of carbonyl (C=O) groups is 2. The van der Waals surface area contributed by atoms with E-state index in [2.05, 4.69) is 5.32 Å². The molecule has 1 atom stereocenters. The highest BCUT2D eigenvalue weighted by atomic mass is 35.5. The van der Waals surface area contributed by atoms with Gasteiger partial charge in [0, 0.05) is 24.2 Å². The smallest absolute Gasteiger partial charge is 0.407 e. The Labute approximate surface area is 135 Å². The van der Waals surface area contributed by atoms with Crippen LogP contribution in [0.15, 0.2) is 24.3 Å². The highest BCUT2D eigenvalue weighted by molar-refractivity contribution is 6.30. The summed E-state index contributed by atoms with van der Waals surface area (Å²) in [5.74, 6) is 0.0673. The van der Waals surface area contributed by atoms with E-state index in [-0.39, 0.29) is 11.9 Å². The predicted octanol–water partition coefficient (Wildman–Crippen LogP) is 2.62. The maximum atomic E-state index is 12.4. The fraction of sp³-hybridized carbons (Fsp3) is 0.500. The molecule has 0 bridgehead atoms. The van der Waals surface area contributed by atoms with Crippen molar-refractivity contribution in [3.8, 4) is 0 Å². The summed E-state index contributed by atoms with van der Waals surface area (Å²) in [5.41, 5.74) is 0.940. The van der Waals surface area contributed by atoms with Gasteiger partial charge >= 0.3 is 6.09 Å². The number of hydrogen-bond donors (Lipinski definition) is 1. The molecule has 1 N–H and O–H groups in total. The van der Waals surface area contributed by atoms with Crippen molar-refractivity contribution in [1.82, 2.24) is 10.2 Å². The third kappa shape index (κ3) is 4.91. The Morgan fingerprint density at radius 2 is 2.09 bits per heavy atom. The molecule has 6 heteroatoms. The van der Waals surface area contributed by atoms with Crippen molar-refractivity contribution in [2.45, 2.75) is 32.2 Å². The third-order valence-corrected chi connectivity index (χ3v) is 3.89. The Bertz CT molecular complexity index is 519. The largest absolute Gasteiger partial charge is 0.450 e. The summed E-state index contributed by atoms with van der Waals surface area (Å²) in [6.45, 7) is 3.37. The monoisotopic (exact) mass is 324 g/mol. The van der Waals surface area contributed by atoms with Gasteiger partial charge in [0.2, 0.25) is 5.91 Å². The van der Waals surface area contributed by atoms with Gasteiger partial charge in [0.1, 0.15) is 0 Å². The number of piperidine rings is 1. The molecular formula is C16H21ClN2O3. The average Bonchev–Trinajstić information content (AvgIpc) is 2.50. The van der Waals surface area contributed by atoms with E-state index in [1.165, 1.54) is 0 Å². The molecule has 5 nitrogen and oxygen atoms in total. The van der Waals surface area contributed by atoms with Crippen molar-refractivity contribution in [3.63, 3.8) is 0 Å². The Hall–Kier alpha value is -1.75. The van der Waals surface area contributed by atoms with Crippen LogP contribution in [0.1, 0.15) is 25.3 Å². The van der Waals surface area contributed by atoms with Gasteiger partial charge in [0.15, 0.2) is 0 Å². The number of amides is 2. The Morgan fingerprint density at radius 1 is 1.36 bits per heavy atom. The highest BCUT2D eigenvalue weighted by Gasteiger charge is 2.25. The van der Waals surface area contributed by atoms with Crippen molar-refractivity contribution in [3.05, 3.63) is 34.9 Å². The molecule has 22 heavy (non-hydrogen) atoms. The molecule has 0 radical (unpaired) electrons. The van der Waals surface area contributed by atoms with E-state index >= 15 is 0 Å². The fourth-order valence-electron chi connectivity index (χ4n) is 2.55. The normalized spacial score (nSPS) is 17.9. The van der Waals surface area contributed by atoms with E-state index in [1.54, 1.807) is 24.0 Å². The lowest BCUT2D eigenvalue weighted by Gasteiger charge is -2.33. The molecule has 1 aromatic rings. The lowest BCUT2D eigenvalue weighted by molar-refractivity contribution is -0.131. The number of halogens is 1. The third-order valence-electron chi connectivity index (χ3n) is 3.64. The molecule has 0 spiro atoms. The number of hydrogen-bond acceptors (Lipinski definition) is 3. The van der Waals surface area contributed by atoms with Crippen molar-refractivity contribution in [1.29, 1.82) is 0 Å². The van der Waals surface area contributed by atoms with E-state index in [4.69, 9.17) is 16.3 Å². The van der Waals surface area contributed by atoms with Crippen LogP contribution in [0.5, 0.6) is 0 Å². The second kappa shape index (κ2) is 8.03. The van der Waals surface area contributed by atoms with Crippen LogP contribution in [-0.2, 0) is 16.0 Å². The van der Waals surface area contributed by atoms with E-state index in [0.717, 1.165) is 24.9 Å². The lowest BCUT2D eigenvalue weighted by Crippen LogP contribution is -2.50. The van der Waals surface area contributed by atoms with Crippen LogP contribution in [0.2, 0.25) is 5.02 Å². The van der Waals surface area contributed by atoms with Crippen LogP contribution < -0.4 is 5.32 Å². The molecule has 0 saturated carbocycles. The molecule has 1 aliphatic heterocycles. The Kier molecular flexibility index (Phi) is 6.07. The maximum Gasteiger partial charge on any atom is 0.407 e. The van der Waals surface area contributed by atoms with Crippen LogP contribution in [0.3, 0.4) is 0 Å². The van der Waals surface area contributed by atoms with E-state index in [0.29, 0.717) is 24.6 Å². The van der Waals surface area contributed by atoms with Gasteiger partial charge < -0.3 is 15.0 Å². The second-order valence-electron chi connectivity index (χ2n) is 5.35. The molecule has 0 aromatic heterocycles. The van der Waals surface area contributed by atoms with E-state index in [9.17, 15) is 9.59 Å². The Morgan fingerprint density at radius 3 is 2.77 bits per heavy atom. The van der Waals surface area contributed by atoms with Crippen LogP contribution in [0, 0.1) is 0 Å². The van der Waals surface area contributed by atoms with Crippen LogP contribution in [0.4, 0.5) is 4.79 Å². The predicted molar refractivity (Wildman–Crippen MR) is 84.9 cm³/mol. The summed E-state index contributed by atoms with van der Waals surface area (Å²) in [6.07, 6.45) is 1.68. The molecule has 120 valence electrons. The molecule has 1 aromatic carbocycles. The minimum absolute atomic E-state index is 0.0398. The quantitative estimate of drug-likeness (QED) is 0.926. The van der Waals surface area contributed by atoms with Gasteiger partial charge in [-0.1, -0.05) is 23.7 Å². The van der Waals surface area contributed by atoms with Gasteiger partial charge in [-0.05, 0) is 37.5 Å². The first-order valence-electron chi connectivity index (χ1n) is 7.54. The number of benzene rings is 1. The molecule has 1 aliphatic rings. The summed E-state index contributed by atoms with van der Waals surface area (Å²) in [6, 6.07) is 7.25. The molecule has 1 fully saturated rings. The van der Waals surface area contributed by atoms with E-state index < -0.39 is 6.09 Å². The molecule has 2 rings (SSSR count). The standard InChI is InChI=1S/C16H21ClN2O3/c1-2-22-16(21)18-14-4-3-9-19(11-14)15(20)10-12-5-7-13(17)8-6-12/h5-8,14H,2-4,9-11H2,1H3,(H,18,21). The topological polar surface area (TPSA) is 58.6 Å². The molecule has 0 aliphatic carbocycles. The summed E-state index contributed by atoms with van der Waals surface area (Å²) >= 11 is 5.84. The number of likely N-dealkylation sites (tertiary alicyclic amines) is 1. The van der Waals surface area contributed by atoms with Crippen molar-refractivity contribution >= 4 is 23.6 Å². The van der Waals surface area contributed by atoms with Crippen molar-refractivity contribution < 1.29 is 14.3 Å². The zero-order valence-corrected chi connectivity index (χ0v) is 13.4. The van der Waals surface area contributed by atoms with Gasteiger partial charge in [-0.25, -0.2) is 4.79 Å². The van der Waals surface area contributed by atoms with Crippen LogP contribution in [-0.4, -0.2) is 42.6 Å². The number of rotatable bonds is 4. The minimum Gasteiger partial charge on any atom is -0.450 e. The molecule has 1 unspecified atom stereocenters. The van der Waals surface area contributed by atoms with Gasteiger partial charge in [0.25, 0.3) is 0 Å². The first-order valence-corrected chi connectivity index (χ1v) is 7.91. The highest BCUT2D eigenvalue weighted by Crippen LogP contribution is 2.14. The van der Waals surface area contributed by atoms with Gasteiger partial charge in [-0.15, -0.1) is 0 Å². The molecular weight excluding hydrogens is 304 g/mol. The number of carbonyl (C=O) groups excluding carboxylic acids is 2. The van der Waals surface area contributed by atoms with Gasteiger partial charge in [-0.3, -0.25) is 4.79 Å². The summed E-state index contributed by atoms with van der Waals surface area (Å²) < 4.78 is 4.88. The first kappa shape index (κ1) is 16.6. The number of nitrogens with one attached hydrogen (secondary N) is 1. The Balaban J connectivity index is 1.87. The SMILES string of the molecule is CCOC(=O)NC1CCCN(C(=O)Cc2ccc(Cl)cc2)C1. The number of ether oxygens (including phenoxy) is 1. The lowest BCUT2D eigenvalue weighted by atomic mass is 10.0. The number of nitrogens with zero attached hydrogens (tertiary/aromatic N) is 1. The zero-order chi connectivity index (χ0) is 15.9. The minimum atomic E-state index is -0.417. The average molecular weight is 325 g/mol. The maximum absolute atomic E-state index is 12.4. The zero-order valence-electron chi connectivity index (χ0n) is 12.7. The van der Waals surface area contributed by atoms with E-state index in [1.807, 2.05) is 12.1 Å². The first-order chi connectivity index (χ1) is 10.6.